The number of rotatable bonds is 4. The van der Waals surface area contributed by atoms with Gasteiger partial charge in [0, 0.05) is 30.8 Å². The van der Waals surface area contributed by atoms with Gasteiger partial charge in [-0.1, -0.05) is 25.3 Å². The third kappa shape index (κ3) is 4.78. The molecule has 1 N–H and O–H groups in total. The van der Waals surface area contributed by atoms with Crippen molar-refractivity contribution in [2.24, 2.45) is 0 Å². The summed E-state index contributed by atoms with van der Waals surface area (Å²) in [6.07, 6.45) is 5.42. The molecule has 1 fully saturated rings. The van der Waals surface area contributed by atoms with Gasteiger partial charge < -0.3 is 10.2 Å². The summed E-state index contributed by atoms with van der Waals surface area (Å²) in [5, 5.41) is 13.4. The van der Waals surface area contributed by atoms with E-state index in [1.807, 2.05) is 0 Å². The third-order valence-electron chi connectivity index (χ3n) is 4.20. The van der Waals surface area contributed by atoms with E-state index in [2.05, 4.69) is 5.32 Å². The molecule has 1 saturated heterocycles. The van der Waals surface area contributed by atoms with Crippen LogP contribution in [0.15, 0.2) is 24.3 Å². The molecule has 2 rings (SSSR count). The molecule has 7 nitrogen and oxygen atoms in total. The molecular weight excluding hydrogens is 310 g/mol. The van der Waals surface area contributed by atoms with E-state index in [4.69, 9.17) is 0 Å². The molecule has 7 heteroatoms. The monoisotopic (exact) mass is 333 g/mol. The molecule has 0 radical (unpaired) electrons. The van der Waals surface area contributed by atoms with E-state index in [-0.39, 0.29) is 17.2 Å². The van der Waals surface area contributed by atoms with Crippen LogP contribution < -0.4 is 5.32 Å². The number of hydrogen-bond acceptors (Lipinski definition) is 4. The maximum Gasteiger partial charge on any atom is 0.270 e. The first-order chi connectivity index (χ1) is 11.5. The molecule has 1 aliphatic heterocycles. The van der Waals surface area contributed by atoms with E-state index >= 15 is 0 Å². The highest BCUT2D eigenvalue weighted by Crippen LogP contribution is 2.14. The van der Waals surface area contributed by atoms with Crippen LogP contribution >= 0.6 is 0 Å². The van der Waals surface area contributed by atoms with Crippen molar-refractivity contribution in [2.45, 2.75) is 45.1 Å². The molecule has 0 aliphatic carbocycles. The lowest BCUT2D eigenvalue weighted by molar-refractivity contribution is -0.384. The van der Waals surface area contributed by atoms with Crippen LogP contribution in [0.2, 0.25) is 0 Å². The highest BCUT2D eigenvalue weighted by molar-refractivity contribution is 5.97. The van der Waals surface area contributed by atoms with Crippen molar-refractivity contribution in [3.63, 3.8) is 0 Å². The zero-order valence-corrected chi connectivity index (χ0v) is 13.9. The standard InChI is InChI=1S/C17H23N3O4/c1-13(17(22)19-10-5-3-2-4-6-11-19)18-16(21)14-8-7-9-15(12-14)20(23)24/h7-9,12-13H,2-6,10-11H2,1H3,(H,18,21). The molecule has 1 atom stereocenters. The molecular formula is C17H23N3O4. The molecule has 0 saturated carbocycles. The number of nitro groups is 1. The number of amides is 2. The molecule has 2 amide bonds. The molecule has 0 spiro atoms. The van der Waals surface area contributed by atoms with Crippen molar-refractivity contribution in [2.75, 3.05) is 13.1 Å². The maximum absolute atomic E-state index is 12.5. The Morgan fingerprint density at radius 2 is 1.79 bits per heavy atom. The quantitative estimate of drug-likeness (QED) is 0.677. The molecule has 1 aromatic rings. The van der Waals surface area contributed by atoms with Crippen molar-refractivity contribution >= 4 is 17.5 Å². The van der Waals surface area contributed by atoms with Crippen LogP contribution in [0.3, 0.4) is 0 Å². The first-order valence-corrected chi connectivity index (χ1v) is 8.33. The SMILES string of the molecule is CC(NC(=O)c1cccc([N+](=O)[O-])c1)C(=O)N1CCCCCCC1. The zero-order valence-electron chi connectivity index (χ0n) is 13.9. The topological polar surface area (TPSA) is 92.5 Å². The minimum Gasteiger partial charge on any atom is -0.341 e. The molecule has 24 heavy (non-hydrogen) atoms. The Bertz CT molecular complexity index is 610. The van der Waals surface area contributed by atoms with E-state index < -0.39 is 16.9 Å². The van der Waals surface area contributed by atoms with Crippen LogP contribution in [0.25, 0.3) is 0 Å². The first-order valence-electron chi connectivity index (χ1n) is 8.33. The fourth-order valence-electron chi connectivity index (χ4n) is 2.84. The Morgan fingerprint density at radius 1 is 1.17 bits per heavy atom. The summed E-state index contributed by atoms with van der Waals surface area (Å²) in [6, 6.07) is 4.83. The lowest BCUT2D eigenvalue weighted by Crippen LogP contribution is -2.47. The summed E-state index contributed by atoms with van der Waals surface area (Å²) in [6.45, 7) is 3.09. The summed E-state index contributed by atoms with van der Waals surface area (Å²) in [5.74, 6) is -0.581. The fraction of sp³-hybridized carbons (Fsp3) is 0.529. The van der Waals surface area contributed by atoms with Gasteiger partial charge in [0.25, 0.3) is 11.6 Å². The van der Waals surface area contributed by atoms with E-state index in [9.17, 15) is 19.7 Å². The molecule has 1 aliphatic rings. The lowest BCUT2D eigenvalue weighted by Gasteiger charge is -2.27. The van der Waals surface area contributed by atoms with Crippen LogP contribution in [0, 0.1) is 10.1 Å². The number of nitrogens with zero attached hydrogens (tertiary/aromatic N) is 2. The van der Waals surface area contributed by atoms with Gasteiger partial charge in [0.15, 0.2) is 0 Å². The van der Waals surface area contributed by atoms with Crippen molar-refractivity contribution < 1.29 is 14.5 Å². The van der Waals surface area contributed by atoms with Gasteiger partial charge in [0.05, 0.1) is 4.92 Å². The Morgan fingerprint density at radius 3 is 2.42 bits per heavy atom. The Kier molecular flexibility index (Phi) is 6.28. The largest absolute Gasteiger partial charge is 0.341 e. The predicted molar refractivity (Wildman–Crippen MR) is 89.7 cm³/mol. The number of nitro benzene ring substituents is 1. The fourth-order valence-corrected chi connectivity index (χ4v) is 2.84. The Balaban J connectivity index is 1.98. The maximum atomic E-state index is 12.5. The second-order valence-electron chi connectivity index (χ2n) is 6.10. The number of non-ortho nitro benzene ring substituents is 1. The zero-order chi connectivity index (χ0) is 17.5. The number of hydrogen-bond donors (Lipinski definition) is 1. The van der Waals surface area contributed by atoms with Crippen molar-refractivity contribution in [3.8, 4) is 0 Å². The van der Waals surface area contributed by atoms with Crippen molar-refractivity contribution in [3.05, 3.63) is 39.9 Å². The first kappa shape index (κ1) is 17.9. The highest BCUT2D eigenvalue weighted by Gasteiger charge is 2.23. The van der Waals surface area contributed by atoms with Crippen LogP contribution in [0.5, 0.6) is 0 Å². The van der Waals surface area contributed by atoms with Crippen LogP contribution in [0.4, 0.5) is 5.69 Å². The summed E-state index contributed by atoms with van der Waals surface area (Å²) in [7, 11) is 0. The van der Waals surface area contributed by atoms with Gasteiger partial charge in [0.1, 0.15) is 6.04 Å². The van der Waals surface area contributed by atoms with Gasteiger partial charge in [-0.25, -0.2) is 0 Å². The second kappa shape index (κ2) is 8.42. The minimum absolute atomic E-state index is 0.101. The van der Waals surface area contributed by atoms with Crippen LogP contribution in [0.1, 0.15) is 49.4 Å². The van der Waals surface area contributed by atoms with Crippen LogP contribution in [-0.4, -0.2) is 40.8 Å². The van der Waals surface area contributed by atoms with Gasteiger partial charge in [-0.05, 0) is 25.8 Å². The summed E-state index contributed by atoms with van der Waals surface area (Å²) < 4.78 is 0. The Labute approximate surface area is 141 Å². The van der Waals surface area contributed by atoms with Crippen molar-refractivity contribution in [1.82, 2.24) is 10.2 Å². The number of likely N-dealkylation sites (tertiary alicyclic amines) is 1. The number of carbonyl (C=O) groups excluding carboxylic acids is 2. The van der Waals surface area contributed by atoms with Gasteiger partial charge in [-0.2, -0.15) is 0 Å². The van der Waals surface area contributed by atoms with E-state index in [0.29, 0.717) is 0 Å². The lowest BCUT2D eigenvalue weighted by atomic mass is 10.1. The van der Waals surface area contributed by atoms with Gasteiger partial charge in [0.2, 0.25) is 5.91 Å². The average molecular weight is 333 g/mol. The second-order valence-corrected chi connectivity index (χ2v) is 6.10. The summed E-state index contributed by atoms with van der Waals surface area (Å²) in [5.41, 5.74) is 0.0296. The van der Waals surface area contributed by atoms with E-state index in [0.717, 1.165) is 38.8 Å². The van der Waals surface area contributed by atoms with Crippen LogP contribution in [-0.2, 0) is 4.79 Å². The third-order valence-corrected chi connectivity index (χ3v) is 4.20. The molecule has 0 aromatic heterocycles. The van der Waals surface area contributed by atoms with Gasteiger partial charge >= 0.3 is 0 Å². The molecule has 130 valence electrons. The number of carbonyl (C=O) groups is 2. The molecule has 0 bridgehead atoms. The molecule has 1 aromatic carbocycles. The Hall–Kier alpha value is -2.44. The minimum atomic E-state index is -0.656. The van der Waals surface area contributed by atoms with E-state index in [1.54, 1.807) is 11.8 Å². The summed E-state index contributed by atoms with van der Waals surface area (Å²) in [4.78, 5) is 36.8. The number of nitrogens with one attached hydrogen (secondary N) is 1. The van der Waals surface area contributed by atoms with E-state index in [1.165, 1.54) is 30.7 Å². The van der Waals surface area contributed by atoms with Gasteiger partial charge in [-0.3, -0.25) is 19.7 Å². The average Bonchev–Trinajstić information content (AvgIpc) is 2.54. The van der Waals surface area contributed by atoms with Gasteiger partial charge in [-0.15, -0.1) is 0 Å². The highest BCUT2D eigenvalue weighted by atomic mass is 16.6. The normalized spacial score (nSPS) is 16.6. The predicted octanol–water partition coefficient (Wildman–Crippen LogP) is 2.51. The van der Waals surface area contributed by atoms with Crippen molar-refractivity contribution in [1.29, 1.82) is 0 Å². The smallest absolute Gasteiger partial charge is 0.270 e. The summed E-state index contributed by atoms with van der Waals surface area (Å²) >= 11 is 0. The molecule has 1 unspecified atom stereocenters. The molecule has 1 heterocycles. The number of benzene rings is 1.